The first kappa shape index (κ1) is 19.2. The molecule has 0 fully saturated rings. The Morgan fingerprint density at radius 3 is 2.41 bits per heavy atom. The van der Waals surface area contributed by atoms with Crippen LogP contribution < -0.4 is 0 Å². The van der Waals surface area contributed by atoms with Gasteiger partial charge in [0.1, 0.15) is 18.4 Å². The quantitative estimate of drug-likeness (QED) is 0.240. The maximum Gasteiger partial charge on any atom is 0.299 e. The number of allylic oxidation sites excluding steroid dienone is 1. The van der Waals surface area contributed by atoms with Crippen LogP contribution in [0.15, 0.2) is 55.1 Å². The van der Waals surface area contributed by atoms with Crippen molar-refractivity contribution in [3.8, 4) is 0 Å². The molecular formula is C17H11Cl3N4O3. The minimum atomic E-state index is -0.891. The molecule has 0 spiro atoms. The number of rotatable bonds is 6. The Bertz CT molecular complexity index is 989. The van der Waals surface area contributed by atoms with Crippen LogP contribution in [-0.4, -0.2) is 19.9 Å². The SMILES string of the molecule is O=[N+]([O-])O/C(=C(/Cn1cncn1)c1ccc(Cl)cc1)c1ccc(Cl)cc1Cl. The van der Waals surface area contributed by atoms with E-state index in [0.29, 0.717) is 26.7 Å². The van der Waals surface area contributed by atoms with Gasteiger partial charge in [0, 0.05) is 21.2 Å². The van der Waals surface area contributed by atoms with Gasteiger partial charge in [-0.3, -0.25) is 4.84 Å². The highest BCUT2D eigenvalue weighted by molar-refractivity contribution is 6.35. The summed E-state index contributed by atoms with van der Waals surface area (Å²) in [7, 11) is 0. The van der Waals surface area contributed by atoms with Crippen LogP contribution in [0.5, 0.6) is 0 Å². The van der Waals surface area contributed by atoms with Crippen LogP contribution in [0.1, 0.15) is 11.1 Å². The van der Waals surface area contributed by atoms with Crippen LogP contribution in [0.25, 0.3) is 11.3 Å². The molecule has 0 unspecified atom stereocenters. The lowest BCUT2D eigenvalue weighted by Crippen LogP contribution is -2.09. The van der Waals surface area contributed by atoms with Crippen molar-refractivity contribution in [3.05, 3.63) is 91.4 Å². The zero-order valence-corrected chi connectivity index (χ0v) is 15.8. The van der Waals surface area contributed by atoms with E-state index in [1.165, 1.54) is 23.4 Å². The molecule has 0 aliphatic carbocycles. The van der Waals surface area contributed by atoms with E-state index in [4.69, 9.17) is 39.6 Å². The Morgan fingerprint density at radius 1 is 1.11 bits per heavy atom. The molecule has 0 saturated carbocycles. The normalized spacial score (nSPS) is 11.8. The van der Waals surface area contributed by atoms with Crippen molar-refractivity contribution < 1.29 is 9.92 Å². The lowest BCUT2D eigenvalue weighted by Gasteiger charge is -2.16. The molecule has 3 aromatic rings. The second kappa shape index (κ2) is 8.39. The van der Waals surface area contributed by atoms with Gasteiger partial charge in [0.25, 0.3) is 5.09 Å². The third kappa shape index (κ3) is 4.77. The van der Waals surface area contributed by atoms with Crippen molar-refractivity contribution in [2.45, 2.75) is 6.54 Å². The lowest BCUT2D eigenvalue weighted by atomic mass is 10.0. The molecule has 1 heterocycles. The van der Waals surface area contributed by atoms with Gasteiger partial charge in [-0.25, -0.2) is 9.67 Å². The van der Waals surface area contributed by atoms with Crippen molar-refractivity contribution in [2.75, 3.05) is 0 Å². The minimum Gasteiger partial charge on any atom is -0.275 e. The predicted octanol–water partition coefficient (Wildman–Crippen LogP) is 5.02. The highest BCUT2D eigenvalue weighted by Gasteiger charge is 2.19. The zero-order chi connectivity index (χ0) is 19.4. The number of aromatic nitrogens is 3. The molecule has 0 amide bonds. The largest absolute Gasteiger partial charge is 0.299 e. The summed E-state index contributed by atoms with van der Waals surface area (Å²) in [5.74, 6) is -0.0283. The smallest absolute Gasteiger partial charge is 0.275 e. The number of hydrogen-bond acceptors (Lipinski definition) is 5. The van der Waals surface area contributed by atoms with Crippen LogP contribution >= 0.6 is 34.8 Å². The molecule has 138 valence electrons. The summed E-state index contributed by atoms with van der Waals surface area (Å²) in [6, 6.07) is 11.4. The summed E-state index contributed by atoms with van der Waals surface area (Å²) < 4.78 is 1.51. The van der Waals surface area contributed by atoms with E-state index in [2.05, 4.69) is 10.1 Å². The highest BCUT2D eigenvalue weighted by Crippen LogP contribution is 2.34. The molecule has 0 aliphatic heterocycles. The molecule has 7 nitrogen and oxygen atoms in total. The summed E-state index contributed by atoms with van der Waals surface area (Å²) >= 11 is 18.2. The van der Waals surface area contributed by atoms with Crippen molar-refractivity contribution >= 4 is 46.1 Å². The third-order valence-corrected chi connectivity index (χ3v) is 4.39. The average Bonchev–Trinajstić information content (AvgIpc) is 3.12. The topological polar surface area (TPSA) is 83.1 Å². The van der Waals surface area contributed by atoms with E-state index in [-0.39, 0.29) is 17.3 Å². The van der Waals surface area contributed by atoms with E-state index in [0.717, 1.165) is 0 Å². The van der Waals surface area contributed by atoms with E-state index in [9.17, 15) is 10.1 Å². The van der Waals surface area contributed by atoms with E-state index in [1.54, 1.807) is 36.4 Å². The molecule has 0 N–H and O–H groups in total. The molecule has 0 atom stereocenters. The van der Waals surface area contributed by atoms with Gasteiger partial charge in [0.15, 0.2) is 0 Å². The second-order valence-corrected chi connectivity index (χ2v) is 6.63. The van der Waals surface area contributed by atoms with Crippen molar-refractivity contribution in [2.24, 2.45) is 0 Å². The molecule has 27 heavy (non-hydrogen) atoms. The van der Waals surface area contributed by atoms with Gasteiger partial charge in [0.2, 0.25) is 0 Å². The van der Waals surface area contributed by atoms with Gasteiger partial charge >= 0.3 is 0 Å². The Morgan fingerprint density at radius 2 is 1.81 bits per heavy atom. The molecule has 2 aromatic carbocycles. The fraction of sp³-hybridized carbons (Fsp3) is 0.0588. The predicted molar refractivity (Wildman–Crippen MR) is 103 cm³/mol. The first-order chi connectivity index (χ1) is 12.9. The standard InChI is InChI=1S/C17H11Cl3N4O3/c18-12-3-1-11(2-4-12)15(8-23-10-21-9-22-23)17(27-24(25)26)14-6-5-13(19)7-16(14)20/h1-7,9-10H,8H2/b17-15-. The van der Waals surface area contributed by atoms with Crippen LogP contribution in [0.3, 0.4) is 0 Å². The van der Waals surface area contributed by atoms with Gasteiger partial charge < -0.3 is 0 Å². The van der Waals surface area contributed by atoms with E-state index in [1.807, 2.05) is 0 Å². The number of nitrogens with zero attached hydrogens (tertiary/aromatic N) is 4. The fourth-order valence-corrected chi connectivity index (χ4v) is 3.06. The monoisotopic (exact) mass is 424 g/mol. The molecule has 3 rings (SSSR count). The Labute approximate surface area is 168 Å². The lowest BCUT2D eigenvalue weighted by molar-refractivity contribution is -0.730. The minimum absolute atomic E-state index is 0.0283. The maximum absolute atomic E-state index is 11.2. The highest BCUT2D eigenvalue weighted by atomic mass is 35.5. The average molecular weight is 426 g/mol. The van der Waals surface area contributed by atoms with Crippen molar-refractivity contribution in [3.63, 3.8) is 0 Å². The van der Waals surface area contributed by atoms with Crippen LogP contribution in [0.4, 0.5) is 0 Å². The van der Waals surface area contributed by atoms with E-state index < -0.39 is 5.09 Å². The Kier molecular flexibility index (Phi) is 5.95. The molecule has 0 bridgehead atoms. The van der Waals surface area contributed by atoms with Gasteiger partial charge in [-0.2, -0.15) is 5.10 Å². The van der Waals surface area contributed by atoms with Gasteiger partial charge in [-0.05, 0) is 35.9 Å². The summed E-state index contributed by atoms with van der Waals surface area (Å²) in [6.07, 6.45) is 2.85. The van der Waals surface area contributed by atoms with Gasteiger partial charge in [-0.1, -0.05) is 46.9 Å². The summed E-state index contributed by atoms with van der Waals surface area (Å²) in [5, 5.41) is 15.5. The van der Waals surface area contributed by atoms with Gasteiger partial charge in [-0.15, -0.1) is 10.1 Å². The maximum atomic E-state index is 11.2. The number of benzene rings is 2. The van der Waals surface area contributed by atoms with Crippen molar-refractivity contribution in [1.82, 2.24) is 14.8 Å². The molecule has 0 saturated heterocycles. The molecule has 0 aliphatic rings. The number of hydrogen-bond donors (Lipinski definition) is 0. The fourth-order valence-electron chi connectivity index (χ4n) is 2.44. The first-order valence-corrected chi connectivity index (χ1v) is 8.66. The van der Waals surface area contributed by atoms with Crippen LogP contribution in [-0.2, 0) is 11.4 Å². The van der Waals surface area contributed by atoms with E-state index >= 15 is 0 Å². The number of halogens is 3. The van der Waals surface area contributed by atoms with Gasteiger partial charge in [0.05, 0.1) is 11.6 Å². The zero-order valence-electron chi connectivity index (χ0n) is 13.6. The molecule has 1 aromatic heterocycles. The summed E-state index contributed by atoms with van der Waals surface area (Å²) in [6.45, 7) is 0.157. The summed E-state index contributed by atoms with van der Waals surface area (Å²) in [4.78, 5) is 20.0. The first-order valence-electron chi connectivity index (χ1n) is 7.53. The second-order valence-electron chi connectivity index (χ2n) is 5.35. The van der Waals surface area contributed by atoms with Crippen LogP contribution in [0.2, 0.25) is 15.1 Å². The molecule has 10 heteroatoms. The van der Waals surface area contributed by atoms with Crippen molar-refractivity contribution in [1.29, 1.82) is 0 Å². The molecular weight excluding hydrogens is 415 g/mol. The van der Waals surface area contributed by atoms with Crippen LogP contribution in [0, 0.1) is 10.1 Å². The summed E-state index contributed by atoms with van der Waals surface area (Å²) in [5.41, 5.74) is 1.44. The molecule has 0 radical (unpaired) electrons. The Hall–Kier alpha value is -2.61. The Balaban J connectivity index is 2.23. The third-order valence-electron chi connectivity index (χ3n) is 3.60.